The molecule has 0 bridgehead atoms. The monoisotopic (exact) mass is 342 g/mol. The third kappa shape index (κ3) is 3.70. The van der Waals surface area contributed by atoms with Crippen LogP contribution in [0.5, 0.6) is 0 Å². The molecule has 2 N–H and O–H groups in total. The summed E-state index contributed by atoms with van der Waals surface area (Å²) in [5.74, 6) is 0.668. The molecule has 2 aromatic rings. The highest BCUT2D eigenvalue weighted by atomic mass is 32.1. The number of nitrogens with one attached hydrogen (secondary N) is 2. The second-order valence-electron chi connectivity index (χ2n) is 7.12. The van der Waals surface area contributed by atoms with Gasteiger partial charge >= 0.3 is 0 Å². The van der Waals surface area contributed by atoms with E-state index < -0.39 is 0 Å². The van der Waals surface area contributed by atoms with Gasteiger partial charge in [-0.3, -0.25) is 4.79 Å². The molecule has 128 valence electrons. The maximum Gasteiger partial charge on any atom is 0.227 e. The molecule has 4 heteroatoms. The Bertz CT molecular complexity index is 673. The number of carbonyl (C=O) groups is 1. The van der Waals surface area contributed by atoms with E-state index in [9.17, 15) is 4.79 Å². The molecule has 3 rings (SSSR count). The van der Waals surface area contributed by atoms with Crippen LogP contribution < -0.4 is 10.6 Å². The SMILES string of the molecule is CC(C)CNC(=O)[C@]1(Cc2ccccc2-c2cccs2)CCNC1. The van der Waals surface area contributed by atoms with E-state index >= 15 is 0 Å². The highest BCUT2D eigenvalue weighted by molar-refractivity contribution is 7.13. The number of amides is 1. The lowest BCUT2D eigenvalue weighted by Gasteiger charge is -2.28. The molecule has 3 nitrogen and oxygen atoms in total. The molecule has 0 spiro atoms. The minimum absolute atomic E-state index is 0.196. The summed E-state index contributed by atoms with van der Waals surface area (Å²) in [6.45, 7) is 6.68. The van der Waals surface area contributed by atoms with Crippen molar-refractivity contribution in [1.29, 1.82) is 0 Å². The molecule has 1 aliphatic heterocycles. The average Bonchev–Trinajstić information content (AvgIpc) is 3.25. The number of hydrogen-bond acceptors (Lipinski definition) is 3. The first-order valence-corrected chi connectivity index (χ1v) is 9.59. The summed E-state index contributed by atoms with van der Waals surface area (Å²) in [6, 6.07) is 12.7. The van der Waals surface area contributed by atoms with Crippen LogP contribution in [0.3, 0.4) is 0 Å². The van der Waals surface area contributed by atoms with Gasteiger partial charge in [-0.05, 0) is 47.9 Å². The van der Waals surface area contributed by atoms with Crippen LogP contribution in [0.15, 0.2) is 41.8 Å². The maximum atomic E-state index is 12.9. The molecular weight excluding hydrogens is 316 g/mol. The molecular formula is C20H26N2OS. The van der Waals surface area contributed by atoms with Crippen molar-refractivity contribution in [3.63, 3.8) is 0 Å². The van der Waals surface area contributed by atoms with Crippen molar-refractivity contribution in [3.8, 4) is 10.4 Å². The Hall–Kier alpha value is -1.65. The molecule has 1 aromatic heterocycles. The fourth-order valence-electron chi connectivity index (χ4n) is 3.36. The van der Waals surface area contributed by atoms with Crippen LogP contribution >= 0.6 is 11.3 Å². The number of thiophene rings is 1. The Morgan fingerprint density at radius 3 is 2.79 bits per heavy atom. The van der Waals surface area contributed by atoms with Gasteiger partial charge in [-0.2, -0.15) is 0 Å². The van der Waals surface area contributed by atoms with Gasteiger partial charge in [-0.15, -0.1) is 11.3 Å². The summed E-state index contributed by atoms with van der Waals surface area (Å²) < 4.78 is 0. The van der Waals surface area contributed by atoms with Crippen LogP contribution in [0.2, 0.25) is 0 Å². The summed E-state index contributed by atoms with van der Waals surface area (Å²) in [7, 11) is 0. The van der Waals surface area contributed by atoms with Gasteiger partial charge in [-0.1, -0.05) is 44.2 Å². The van der Waals surface area contributed by atoms with Crippen LogP contribution in [-0.4, -0.2) is 25.5 Å². The van der Waals surface area contributed by atoms with Crippen molar-refractivity contribution in [2.75, 3.05) is 19.6 Å². The fraction of sp³-hybridized carbons (Fsp3) is 0.450. The van der Waals surface area contributed by atoms with Crippen molar-refractivity contribution >= 4 is 17.2 Å². The number of benzene rings is 1. The summed E-state index contributed by atoms with van der Waals surface area (Å²) in [6.07, 6.45) is 1.69. The van der Waals surface area contributed by atoms with Crippen LogP contribution in [0.4, 0.5) is 0 Å². The van der Waals surface area contributed by atoms with Gasteiger partial charge < -0.3 is 10.6 Å². The molecule has 2 heterocycles. The van der Waals surface area contributed by atoms with E-state index in [0.717, 1.165) is 32.5 Å². The van der Waals surface area contributed by atoms with E-state index in [1.807, 2.05) is 0 Å². The first-order chi connectivity index (χ1) is 11.6. The molecule has 1 aliphatic rings. The van der Waals surface area contributed by atoms with Crippen molar-refractivity contribution in [1.82, 2.24) is 10.6 Å². The highest BCUT2D eigenvalue weighted by Crippen LogP contribution is 2.35. The third-order valence-electron chi connectivity index (χ3n) is 4.73. The average molecular weight is 343 g/mol. The Kier molecular flexibility index (Phi) is 5.36. The van der Waals surface area contributed by atoms with E-state index in [2.05, 4.69) is 66.3 Å². The second kappa shape index (κ2) is 7.49. The molecule has 0 aliphatic carbocycles. The number of carbonyl (C=O) groups excluding carboxylic acids is 1. The largest absolute Gasteiger partial charge is 0.355 e. The van der Waals surface area contributed by atoms with Crippen molar-refractivity contribution in [3.05, 3.63) is 47.3 Å². The smallest absolute Gasteiger partial charge is 0.227 e. The van der Waals surface area contributed by atoms with Crippen LogP contribution in [0.25, 0.3) is 10.4 Å². The second-order valence-corrected chi connectivity index (χ2v) is 8.07. The quantitative estimate of drug-likeness (QED) is 0.840. The highest BCUT2D eigenvalue weighted by Gasteiger charge is 2.41. The molecule has 1 aromatic carbocycles. The molecule has 1 atom stereocenters. The first-order valence-electron chi connectivity index (χ1n) is 8.71. The molecule has 0 saturated carbocycles. The van der Waals surface area contributed by atoms with Gasteiger partial charge in [0.15, 0.2) is 0 Å². The maximum absolute atomic E-state index is 12.9. The predicted octanol–water partition coefficient (Wildman–Crippen LogP) is 3.71. The summed E-state index contributed by atoms with van der Waals surface area (Å²) in [4.78, 5) is 14.2. The number of hydrogen-bond donors (Lipinski definition) is 2. The topological polar surface area (TPSA) is 41.1 Å². The molecule has 1 amide bonds. The molecule has 24 heavy (non-hydrogen) atoms. The van der Waals surface area contributed by atoms with E-state index in [1.54, 1.807) is 11.3 Å². The Labute approximate surface area is 148 Å². The summed E-state index contributed by atoms with van der Waals surface area (Å²) >= 11 is 1.75. The van der Waals surface area contributed by atoms with Gasteiger partial charge in [0.2, 0.25) is 5.91 Å². The zero-order valence-electron chi connectivity index (χ0n) is 14.5. The van der Waals surface area contributed by atoms with Crippen LogP contribution in [-0.2, 0) is 11.2 Å². The van der Waals surface area contributed by atoms with Crippen molar-refractivity contribution in [2.24, 2.45) is 11.3 Å². The standard InChI is InChI=1S/C20H26N2OS/c1-15(2)13-22-19(23)20(9-10-21-14-20)12-16-6-3-4-7-17(16)18-8-5-11-24-18/h3-8,11,15,21H,9-10,12-14H2,1-2H3,(H,22,23)/t20-/m0/s1. The Morgan fingerprint density at radius 2 is 2.12 bits per heavy atom. The normalized spacial score (nSPS) is 20.5. The lowest BCUT2D eigenvalue weighted by Crippen LogP contribution is -2.45. The molecule has 1 saturated heterocycles. The minimum Gasteiger partial charge on any atom is -0.355 e. The van der Waals surface area contributed by atoms with Crippen molar-refractivity contribution in [2.45, 2.75) is 26.7 Å². The van der Waals surface area contributed by atoms with E-state index in [-0.39, 0.29) is 11.3 Å². The lowest BCUT2D eigenvalue weighted by molar-refractivity contribution is -0.130. The zero-order valence-corrected chi connectivity index (χ0v) is 15.3. The van der Waals surface area contributed by atoms with Crippen LogP contribution in [0.1, 0.15) is 25.8 Å². The van der Waals surface area contributed by atoms with Gasteiger partial charge in [0.05, 0.1) is 5.41 Å². The third-order valence-corrected chi connectivity index (χ3v) is 5.63. The van der Waals surface area contributed by atoms with E-state index in [0.29, 0.717) is 5.92 Å². The van der Waals surface area contributed by atoms with Crippen molar-refractivity contribution < 1.29 is 4.79 Å². The van der Waals surface area contributed by atoms with Crippen LogP contribution in [0, 0.1) is 11.3 Å². The molecule has 0 unspecified atom stereocenters. The first kappa shape index (κ1) is 17.2. The molecule has 1 fully saturated rings. The lowest BCUT2D eigenvalue weighted by atomic mass is 9.78. The van der Waals surface area contributed by atoms with E-state index in [1.165, 1.54) is 16.0 Å². The Balaban J connectivity index is 1.86. The Morgan fingerprint density at radius 1 is 1.29 bits per heavy atom. The number of rotatable bonds is 6. The van der Waals surface area contributed by atoms with Gasteiger partial charge in [-0.25, -0.2) is 0 Å². The molecule has 0 radical (unpaired) electrons. The summed E-state index contributed by atoms with van der Waals surface area (Å²) in [5, 5.41) is 8.67. The van der Waals surface area contributed by atoms with Gasteiger partial charge in [0, 0.05) is 18.0 Å². The summed E-state index contributed by atoms with van der Waals surface area (Å²) in [5.41, 5.74) is 2.20. The minimum atomic E-state index is -0.331. The van der Waals surface area contributed by atoms with E-state index in [4.69, 9.17) is 0 Å². The van der Waals surface area contributed by atoms with Gasteiger partial charge in [0.1, 0.15) is 0 Å². The van der Waals surface area contributed by atoms with Gasteiger partial charge in [0.25, 0.3) is 0 Å². The fourth-order valence-corrected chi connectivity index (χ4v) is 4.15. The zero-order chi connectivity index (χ0) is 17.0. The predicted molar refractivity (Wildman–Crippen MR) is 101 cm³/mol.